The van der Waals surface area contributed by atoms with Gasteiger partial charge in [-0.05, 0) is 67.9 Å². The number of aromatic nitrogens is 1. The highest BCUT2D eigenvalue weighted by atomic mass is 32.2. The summed E-state index contributed by atoms with van der Waals surface area (Å²) < 4.78 is 29.6. The number of hydrogen-bond acceptors (Lipinski definition) is 8. The van der Waals surface area contributed by atoms with Crippen LogP contribution in [0.2, 0.25) is 0 Å². The minimum absolute atomic E-state index is 0.0281. The summed E-state index contributed by atoms with van der Waals surface area (Å²) in [7, 11) is -3.86. The zero-order valence-corrected chi connectivity index (χ0v) is 22.4. The van der Waals surface area contributed by atoms with Gasteiger partial charge in [0.05, 0.1) is 6.61 Å². The van der Waals surface area contributed by atoms with Crippen LogP contribution in [-0.2, 0) is 26.0 Å². The molecule has 1 aliphatic heterocycles. The lowest BCUT2D eigenvalue weighted by molar-refractivity contribution is -0.135. The minimum atomic E-state index is -3.86. The smallest absolute Gasteiger partial charge is 0.264 e. The van der Waals surface area contributed by atoms with E-state index in [-0.39, 0.29) is 24.4 Å². The third-order valence-corrected chi connectivity index (χ3v) is 9.34. The lowest BCUT2D eigenvalue weighted by Gasteiger charge is -2.31. The van der Waals surface area contributed by atoms with Gasteiger partial charge < -0.3 is 19.3 Å². The van der Waals surface area contributed by atoms with Gasteiger partial charge in [-0.1, -0.05) is 12.1 Å². The molecule has 1 aromatic heterocycles. The normalized spacial score (nSPS) is 16.1. The van der Waals surface area contributed by atoms with Crippen LogP contribution in [0.25, 0.3) is 11.1 Å². The largest absolute Gasteiger partial charge is 0.494 e. The number of benzene rings is 1. The molecule has 12 heteroatoms. The average molecular weight is 550 g/mol. The Morgan fingerprint density at radius 2 is 1.79 bits per heavy atom. The highest BCUT2D eigenvalue weighted by molar-refractivity contribution is 7.92. The maximum Gasteiger partial charge on any atom is 0.264 e. The molecule has 2 amide bonds. The zero-order valence-electron chi connectivity index (χ0n) is 21.6. The number of carbonyl (C=O) groups excluding carboxylic acids is 2. The van der Waals surface area contributed by atoms with Crippen LogP contribution in [0.15, 0.2) is 47.4 Å². The molecule has 2 heterocycles. The van der Waals surface area contributed by atoms with Crippen LogP contribution < -0.4 is 15.8 Å². The molecule has 0 unspecified atom stereocenters. The third-order valence-electron chi connectivity index (χ3n) is 7.31. The summed E-state index contributed by atoms with van der Waals surface area (Å²) >= 11 is 0. The van der Waals surface area contributed by atoms with Crippen molar-refractivity contribution in [1.29, 1.82) is 0 Å². The molecule has 3 rings (SSSR count). The summed E-state index contributed by atoms with van der Waals surface area (Å²) in [4.78, 5) is 37.9. The predicted octanol–water partition coefficient (Wildman–Crippen LogP) is 1.21. The zero-order chi connectivity index (χ0) is 27.9. The Morgan fingerprint density at radius 3 is 2.34 bits per heavy atom. The molecule has 0 spiro atoms. The van der Waals surface area contributed by atoms with Crippen LogP contribution >= 0.6 is 0 Å². The van der Waals surface area contributed by atoms with Gasteiger partial charge in [0.1, 0.15) is 12.4 Å². The quantitative estimate of drug-likeness (QED) is 0.279. The van der Waals surface area contributed by atoms with E-state index >= 15 is 0 Å². The first kappa shape index (κ1) is 29.3. The number of aliphatic hydroxyl groups excluding tert-OH is 1. The van der Waals surface area contributed by atoms with Gasteiger partial charge in [0.15, 0.2) is 14.6 Å². The van der Waals surface area contributed by atoms with E-state index < -0.39 is 27.1 Å². The topological polar surface area (TPSA) is 155 Å². The summed E-state index contributed by atoms with van der Waals surface area (Å²) in [5.74, 6) is -0.0971. The molecule has 0 radical (unpaired) electrons. The molecule has 1 fully saturated rings. The maximum absolute atomic E-state index is 12.7. The van der Waals surface area contributed by atoms with Gasteiger partial charge in [-0.3, -0.25) is 19.6 Å². The molecule has 1 saturated heterocycles. The van der Waals surface area contributed by atoms with E-state index in [2.05, 4.69) is 0 Å². The molecule has 11 nitrogen and oxygen atoms in total. The van der Waals surface area contributed by atoms with E-state index in [1.165, 1.54) is 23.0 Å². The summed E-state index contributed by atoms with van der Waals surface area (Å²) in [5.41, 5.74) is 2.54. The summed E-state index contributed by atoms with van der Waals surface area (Å²) in [6.07, 6.45) is 4.92. The van der Waals surface area contributed by atoms with Crippen molar-refractivity contribution >= 4 is 21.7 Å². The second-order valence-electron chi connectivity index (χ2n) is 9.78. The number of amides is 2. The monoisotopic (exact) mass is 549 g/mol. The molecular weight excluding hydrogens is 514 g/mol. The Balaban J connectivity index is 1.54. The summed E-state index contributed by atoms with van der Waals surface area (Å²) in [6, 6.07) is 10.5. The lowest BCUT2D eigenvalue weighted by Crippen LogP contribution is -2.49. The molecule has 0 saturated carbocycles. The van der Waals surface area contributed by atoms with E-state index in [1.807, 2.05) is 24.3 Å². The first-order valence-corrected chi connectivity index (χ1v) is 14.3. The number of carbonyl (C=O) groups is 2. The maximum atomic E-state index is 12.7. The Bertz CT molecular complexity index is 1280. The van der Waals surface area contributed by atoms with E-state index in [4.69, 9.17) is 15.1 Å². The van der Waals surface area contributed by atoms with Crippen molar-refractivity contribution in [2.75, 3.05) is 32.6 Å². The first-order chi connectivity index (χ1) is 18.0. The van der Waals surface area contributed by atoms with Gasteiger partial charge in [-0.2, -0.15) is 0 Å². The second-order valence-corrected chi connectivity index (χ2v) is 12.2. The van der Waals surface area contributed by atoms with E-state index in [0.717, 1.165) is 31.1 Å². The van der Waals surface area contributed by atoms with Crippen LogP contribution in [0.4, 0.5) is 0 Å². The number of hydrogen-bond donors (Lipinski definition) is 3. The number of aryl methyl sites for hydroxylation is 1. The van der Waals surface area contributed by atoms with E-state index in [0.29, 0.717) is 36.9 Å². The first-order valence-electron chi connectivity index (χ1n) is 12.4. The summed E-state index contributed by atoms with van der Waals surface area (Å²) in [5, 5.41) is 17.9. The fraction of sp³-hybridized carbons (Fsp3) is 0.500. The number of hydroxylamine groups is 1. The summed E-state index contributed by atoms with van der Waals surface area (Å²) in [6.45, 7) is 2.60. The number of likely N-dealkylation sites (tertiary alicyclic amines) is 1. The number of piperidine rings is 1. The SMILES string of the molecule is C[C@@](CCn1ccc(-c2ccc(OCCC3CCN(C(=O)CO)CC3)cc2)cc1=O)(C(=O)NO)S(C)(=O)=O. The molecule has 0 aliphatic carbocycles. The highest BCUT2D eigenvalue weighted by Crippen LogP contribution is 2.25. The highest BCUT2D eigenvalue weighted by Gasteiger charge is 2.43. The van der Waals surface area contributed by atoms with Crippen LogP contribution in [0, 0.1) is 5.92 Å². The Kier molecular flexibility index (Phi) is 9.69. The van der Waals surface area contributed by atoms with Crippen molar-refractivity contribution in [1.82, 2.24) is 14.9 Å². The number of ether oxygens (including phenoxy) is 1. The van der Waals surface area contributed by atoms with Crippen molar-refractivity contribution < 1.29 is 33.1 Å². The number of nitrogens with zero attached hydrogens (tertiary/aromatic N) is 2. The molecule has 2 aromatic rings. The Morgan fingerprint density at radius 1 is 1.13 bits per heavy atom. The molecule has 0 bridgehead atoms. The minimum Gasteiger partial charge on any atom is -0.494 e. The van der Waals surface area contributed by atoms with Gasteiger partial charge in [0, 0.05) is 38.2 Å². The Hall–Kier alpha value is -3.22. The molecule has 1 aliphatic rings. The van der Waals surface area contributed by atoms with Gasteiger partial charge >= 0.3 is 0 Å². The van der Waals surface area contributed by atoms with Gasteiger partial charge in [0.2, 0.25) is 5.91 Å². The van der Waals surface area contributed by atoms with Crippen molar-refractivity contribution in [3.8, 4) is 16.9 Å². The number of pyridine rings is 1. The fourth-order valence-electron chi connectivity index (χ4n) is 4.45. The molecule has 3 N–H and O–H groups in total. The van der Waals surface area contributed by atoms with E-state index in [1.54, 1.807) is 17.2 Å². The number of nitrogens with one attached hydrogen (secondary N) is 1. The standard InChI is InChI=1S/C26H35N3O8S/c1-26(25(33)27-34,38(2,35)36)11-15-29-14-9-21(17-23(29)31)20-3-5-22(6-4-20)37-16-10-19-7-12-28(13-8-19)24(32)18-30/h3-6,9,14,17,19,30,34H,7-8,10-13,15-16,18H2,1-2H3,(H,27,33)/t26-/m1/s1. The van der Waals surface area contributed by atoms with Gasteiger partial charge in [-0.15, -0.1) is 0 Å². The van der Waals surface area contributed by atoms with Crippen molar-refractivity contribution in [2.45, 2.75) is 43.9 Å². The molecule has 208 valence electrons. The van der Waals surface area contributed by atoms with Crippen LogP contribution in [0.3, 0.4) is 0 Å². The number of rotatable bonds is 11. The third kappa shape index (κ3) is 7.00. The van der Waals surface area contributed by atoms with Crippen LogP contribution in [0.5, 0.6) is 5.75 Å². The molecule has 1 aromatic carbocycles. The second kappa shape index (κ2) is 12.5. The van der Waals surface area contributed by atoms with E-state index in [9.17, 15) is 22.8 Å². The van der Waals surface area contributed by atoms with Crippen molar-refractivity contribution in [3.63, 3.8) is 0 Å². The fourth-order valence-corrected chi connectivity index (χ4v) is 5.29. The number of sulfone groups is 1. The molecule has 38 heavy (non-hydrogen) atoms. The van der Waals surface area contributed by atoms with Crippen LogP contribution in [-0.4, -0.2) is 77.3 Å². The Labute approximate surface area is 221 Å². The molecular formula is C26H35N3O8S. The van der Waals surface area contributed by atoms with Crippen molar-refractivity contribution in [3.05, 3.63) is 52.9 Å². The van der Waals surface area contributed by atoms with Gasteiger partial charge in [-0.25, -0.2) is 13.9 Å². The number of aliphatic hydroxyl groups is 1. The van der Waals surface area contributed by atoms with Crippen molar-refractivity contribution in [2.24, 2.45) is 5.92 Å². The predicted molar refractivity (Wildman–Crippen MR) is 140 cm³/mol. The molecule has 1 atom stereocenters. The lowest BCUT2D eigenvalue weighted by atomic mass is 9.94. The van der Waals surface area contributed by atoms with Crippen LogP contribution in [0.1, 0.15) is 32.6 Å². The van der Waals surface area contributed by atoms with Gasteiger partial charge in [0.25, 0.3) is 11.5 Å². The average Bonchev–Trinajstić information content (AvgIpc) is 2.91.